The van der Waals surface area contributed by atoms with Gasteiger partial charge in [-0.25, -0.2) is 9.98 Å². The zero-order chi connectivity index (χ0) is 21.5. The van der Waals surface area contributed by atoms with E-state index in [0.29, 0.717) is 6.54 Å². The van der Waals surface area contributed by atoms with Crippen molar-refractivity contribution < 1.29 is 9.26 Å². The number of morpholine rings is 1. The molecule has 32 heavy (non-hydrogen) atoms. The molecule has 2 aliphatic rings. The van der Waals surface area contributed by atoms with E-state index in [1.165, 1.54) is 0 Å². The van der Waals surface area contributed by atoms with Crippen molar-refractivity contribution in [2.45, 2.75) is 33.0 Å². The van der Waals surface area contributed by atoms with E-state index in [9.17, 15) is 0 Å². The summed E-state index contributed by atoms with van der Waals surface area (Å²) in [6, 6.07) is 6.15. The van der Waals surface area contributed by atoms with Crippen LogP contribution in [0.1, 0.15) is 25.1 Å². The van der Waals surface area contributed by atoms with Gasteiger partial charge in [0.2, 0.25) is 0 Å². The lowest BCUT2D eigenvalue weighted by Crippen LogP contribution is -2.52. The summed E-state index contributed by atoms with van der Waals surface area (Å²) in [7, 11) is 0. The summed E-state index contributed by atoms with van der Waals surface area (Å²) in [4.78, 5) is 16.6. The van der Waals surface area contributed by atoms with Gasteiger partial charge in [0.25, 0.3) is 0 Å². The van der Waals surface area contributed by atoms with Crippen LogP contribution < -0.4 is 10.2 Å². The fourth-order valence-electron chi connectivity index (χ4n) is 3.98. The standard InChI is InChI=1S/C22H33N7O2.HI/c1-3-23-22(28-9-7-27(8-10-28)17-20-6-12-31-26-20)25-15-19-4-5-21(24-14-19)29-11-13-30-18(2)16-29;/h4-6,12,14,18H,3,7-11,13,15-17H2,1-2H3,(H,23,25);1H. The van der Waals surface area contributed by atoms with Crippen molar-refractivity contribution in [3.05, 3.63) is 41.9 Å². The van der Waals surface area contributed by atoms with Crippen molar-refractivity contribution in [1.82, 2.24) is 25.3 Å². The number of nitrogens with one attached hydrogen (secondary N) is 1. The lowest BCUT2D eigenvalue weighted by Gasteiger charge is -2.36. The summed E-state index contributed by atoms with van der Waals surface area (Å²) in [5, 5.41) is 7.45. The molecule has 1 atom stereocenters. The first-order chi connectivity index (χ1) is 15.2. The maximum atomic E-state index is 5.62. The molecule has 0 saturated carbocycles. The lowest BCUT2D eigenvalue weighted by atomic mass is 10.2. The molecule has 0 aromatic carbocycles. The zero-order valence-electron chi connectivity index (χ0n) is 18.9. The Hall–Kier alpha value is -1.92. The Bertz CT molecular complexity index is 823. The topological polar surface area (TPSA) is 82.3 Å². The largest absolute Gasteiger partial charge is 0.375 e. The van der Waals surface area contributed by atoms with Gasteiger partial charge in [-0.05, 0) is 25.5 Å². The second-order valence-electron chi connectivity index (χ2n) is 8.08. The molecular formula is C22H34IN7O2. The third-order valence-corrected chi connectivity index (χ3v) is 5.67. The predicted molar refractivity (Wildman–Crippen MR) is 135 cm³/mol. The number of ether oxygens (including phenoxy) is 1. The van der Waals surface area contributed by atoms with Gasteiger partial charge in [-0.3, -0.25) is 4.90 Å². The van der Waals surface area contributed by atoms with Gasteiger partial charge in [0, 0.05) is 64.6 Å². The third kappa shape index (κ3) is 6.79. The Labute approximate surface area is 207 Å². The van der Waals surface area contributed by atoms with E-state index >= 15 is 0 Å². The van der Waals surface area contributed by atoms with Crippen LogP contribution in [-0.2, 0) is 17.8 Å². The summed E-state index contributed by atoms with van der Waals surface area (Å²) in [5.74, 6) is 1.98. The number of pyridine rings is 1. The van der Waals surface area contributed by atoms with Gasteiger partial charge in [-0.2, -0.15) is 0 Å². The Morgan fingerprint density at radius 1 is 1.19 bits per heavy atom. The number of aromatic nitrogens is 2. The van der Waals surface area contributed by atoms with Gasteiger partial charge in [-0.15, -0.1) is 24.0 Å². The molecule has 0 spiro atoms. The van der Waals surface area contributed by atoms with Crippen molar-refractivity contribution in [1.29, 1.82) is 0 Å². The van der Waals surface area contributed by atoms with Gasteiger partial charge in [0.1, 0.15) is 12.1 Å². The fraction of sp³-hybridized carbons (Fsp3) is 0.591. The highest BCUT2D eigenvalue weighted by Gasteiger charge is 2.20. The van der Waals surface area contributed by atoms with E-state index in [-0.39, 0.29) is 30.1 Å². The summed E-state index contributed by atoms with van der Waals surface area (Å²) in [6.07, 6.45) is 3.82. The average molecular weight is 555 g/mol. The molecule has 1 unspecified atom stereocenters. The number of piperazine rings is 1. The Morgan fingerprint density at radius 2 is 2.03 bits per heavy atom. The molecule has 0 bridgehead atoms. The van der Waals surface area contributed by atoms with E-state index in [4.69, 9.17) is 14.3 Å². The molecule has 2 aromatic rings. The van der Waals surface area contributed by atoms with Crippen LogP contribution in [0.4, 0.5) is 5.82 Å². The molecule has 2 aliphatic heterocycles. The van der Waals surface area contributed by atoms with Crippen molar-refractivity contribution in [2.75, 3.05) is 57.3 Å². The van der Waals surface area contributed by atoms with Crippen LogP contribution in [-0.4, -0.2) is 84.4 Å². The van der Waals surface area contributed by atoms with Gasteiger partial charge < -0.3 is 24.4 Å². The minimum absolute atomic E-state index is 0. The van der Waals surface area contributed by atoms with Crippen LogP contribution in [0.5, 0.6) is 0 Å². The smallest absolute Gasteiger partial charge is 0.194 e. The van der Waals surface area contributed by atoms with Crippen LogP contribution in [0.2, 0.25) is 0 Å². The van der Waals surface area contributed by atoms with Gasteiger partial charge in [0.05, 0.1) is 24.9 Å². The molecule has 0 amide bonds. The first-order valence-electron chi connectivity index (χ1n) is 11.2. The summed E-state index contributed by atoms with van der Waals surface area (Å²) >= 11 is 0. The molecule has 2 aromatic heterocycles. The van der Waals surface area contributed by atoms with E-state index in [2.05, 4.69) is 56.1 Å². The van der Waals surface area contributed by atoms with E-state index in [1.807, 2.05) is 12.3 Å². The highest BCUT2D eigenvalue weighted by atomic mass is 127. The van der Waals surface area contributed by atoms with Crippen molar-refractivity contribution >= 4 is 35.8 Å². The second kappa shape index (κ2) is 12.4. The summed E-state index contributed by atoms with van der Waals surface area (Å²) < 4.78 is 10.6. The Kier molecular flexibility index (Phi) is 9.54. The highest BCUT2D eigenvalue weighted by Crippen LogP contribution is 2.16. The molecule has 0 radical (unpaired) electrons. The number of anilines is 1. The van der Waals surface area contributed by atoms with Gasteiger partial charge in [-0.1, -0.05) is 11.2 Å². The van der Waals surface area contributed by atoms with Crippen LogP contribution >= 0.6 is 24.0 Å². The molecule has 176 valence electrons. The molecule has 10 heteroatoms. The minimum atomic E-state index is 0. The molecule has 4 rings (SSSR count). The van der Waals surface area contributed by atoms with Crippen LogP contribution in [0.25, 0.3) is 0 Å². The molecule has 2 saturated heterocycles. The average Bonchev–Trinajstić information content (AvgIpc) is 3.31. The van der Waals surface area contributed by atoms with E-state index in [0.717, 1.165) is 82.0 Å². The predicted octanol–water partition coefficient (Wildman–Crippen LogP) is 2.20. The fourth-order valence-corrected chi connectivity index (χ4v) is 3.98. The normalized spacial score (nSPS) is 20.2. The highest BCUT2D eigenvalue weighted by molar-refractivity contribution is 14.0. The minimum Gasteiger partial charge on any atom is -0.375 e. The van der Waals surface area contributed by atoms with Crippen LogP contribution in [0, 0.1) is 0 Å². The quantitative estimate of drug-likeness (QED) is 0.330. The molecule has 4 heterocycles. The number of hydrogen-bond donors (Lipinski definition) is 1. The first kappa shape index (κ1) is 24.7. The summed E-state index contributed by atoms with van der Waals surface area (Å²) in [6.45, 7) is 12.9. The zero-order valence-corrected chi connectivity index (χ0v) is 21.3. The van der Waals surface area contributed by atoms with Gasteiger partial charge in [0.15, 0.2) is 5.96 Å². The summed E-state index contributed by atoms with van der Waals surface area (Å²) in [5.41, 5.74) is 2.10. The molecule has 2 fully saturated rings. The maximum Gasteiger partial charge on any atom is 0.194 e. The second-order valence-corrected chi connectivity index (χ2v) is 8.08. The number of halogens is 1. The number of aliphatic imine (C=N–C) groups is 1. The Balaban J connectivity index is 0.00000289. The molecular weight excluding hydrogens is 521 g/mol. The number of hydrogen-bond acceptors (Lipinski definition) is 7. The van der Waals surface area contributed by atoms with Crippen molar-refractivity contribution in [3.63, 3.8) is 0 Å². The van der Waals surface area contributed by atoms with Gasteiger partial charge >= 0.3 is 0 Å². The van der Waals surface area contributed by atoms with Crippen molar-refractivity contribution in [3.8, 4) is 0 Å². The van der Waals surface area contributed by atoms with Crippen LogP contribution in [0.3, 0.4) is 0 Å². The molecule has 9 nitrogen and oxygen atoms in total. The monoisotopic (exact) mass is 555 g/mol. The first-order valence-corrected chi connectivity index (χ1v) is 11.2. The Morgan fingerprint density at radius 3 is 2.69 bits per heavy atom. The van der Waals surface area contributed by atoms with E-state index in [1.54, 1.807) is 6.26 Å². The third-order valence-electron chi connectivity index (χ3n) is 5.67. The molecule has 0 aliphatic carbocycles. The van der Waals surface area contributed by atoms with Crippen molar-refractivity contribution in [2.24, 2.45) is 4.99 Å². The number of guanidine groups is 1. The van der Waals surface area contributed by atoms with Crippen LogP contribution in [0.15, 0.2) is 40.2 Å². The number of rotatable bonds is 6. The lowest BCUT2D eigenvalue weighted by molar-refractivity contribution is 0.0529. The maximum absolute atomic E-state index is 5.62. The molecule has 1 N–H and O–H groups in total. The number of nitrogens with zero attached hydrogens (tertiary/aromatic N) is 6. The van der Waals surface area contributed by atoms with E-state index < -0.39 is 0 Å². The SMILES string of the molecule is CCNC(=NCc1ccc(N2CCOC(C)C2)nc1)N1CCN(Cc2ccon2)CC1.I.